The van der Waals surface area contributed by atoms with E-state index in [1.54, 1.807) is 6.33 Å². The maximum atomic E-state index is 9.00. The van der Waals surface area contributed by atoms with Gasteiger partial charge in [-0.25, -0.2) is 4.98 Å². The van der Waals surface area contributed by atoms with E-state index in [2.05, 4.69) is 49.2 Å². The van der Waals surface area contributed by atoms with E-state index in [0.717, 1.165) is 18.5 Å². The second-order valence-corrected chi connectivity index (χ2v) is 5.16. The topological polar surface area (TPSA) is 41.6 Å². The molecule has 0 N–H and O–H groups in total. The van der Waals surface area contributed by atoms with Gasteiger partial charge in [0.1, 0.15) is 6.07 Å². The maximum absolute atomic E-state index is 9.00. The Labute approximate surface area is 114 Å². The number of nitriles is 1. The number of imidazole rings is 1. The SMILES string of the molecule is CC(C)c1ccc(CCc2c(C#N)ncn2C)cc1. The first-order valence-corrected chi connectivity index (χ1v) is 6.61. The average Bonchev–Trinajstić information content (AvgIpc) is 2.77. The molecule has 2 rings (SSSR count). The number of benzene rings is 1. The highest BCUT2D eigenvalue weighted by Gasteiger charge is 2.08. The van der Waals surface area contributed by atoms with Gasteiger partial charge in [0.2, 0.25) is 0 Å². The second kappa shape index (κ2) is 5.71. The van der Waals surface area contributed by atoms with Crippen LogP contribution in [0, 0.1) is 11.3 Å². The van der Waals surface area contributed by atoms with E-state index in [0.29, 0.717) is 11.6 Å². The van der Waals surface area contributed by atoms with Crippen LogP contribution in [0.1, 0.15) is 42.3 Å². The zero-order valence-corrected chi connectivity index (χ0v) is 11.7. The van der Waals surface area contributed by atoms with Crippen LogP contribution in [-0.2, 0) is 19.9 Å². The fourth-order valence-electron chi connectivity index (χ4n) is 2.18. The Balaban J connectivity index is 2.06. The van der Waals surface area contributed by atoms with E-state index in [4.69, 9.17) is 5.26 Å². The Morgan fingerprint density at radius 1 is 1.21 bits per heavy atom. The molecule has 0 amide bonds. The van der Waals surface area contributed by atoms with Crippen LogP contribution < -0.4 is 0 Å². The number of nitrogens with zero attached hydrogens (tertiary/aromatic N) is 3. The van der Waals surface area contributed by atoms with E-state index >= 15 is 0 Å². The number of hydrogen-bond donors (Lipinski definition) is 0. The van der Waals surface area contributed by atoms with E-state index in [9.17, 15) is 0 Å². The van der Waals surface area contributed by atoms with Crippen LogP contribution in [0.5, 0.6) is 0 Å². The van der Waals surface area contributed by atoms with Gasteiger partial charge in [-0.3, -0.25) is 0 Å². The third kappa shape index (κ3) is 3.03. The lowest BCUT2D eigenvalue weighted by Crippen LogP contribution is -2.00. The highest BCUT2D eigenvalue weighted by atomic mass is 15.0. The first-order valence-electron chi connectivity index (χ1n) is 6.61. The minimum Gasteiger partial charge on any atom is -0.336 e. The van der Waals surface area contributed by atoms with Gasteiger partial charge in [-0.2, -0.15) is 5.26 Å². The fraction of sp³-hybridized carbons (Fsp3) is 0.375. The van der Waals surface area contributed by atoms with Crippen LogP contribution in [-0.4, -0.2) is 9.55 Å². The lowest BCUT2D eigenvalue weighted by Gasteiger charge is -2.07. The van der Waals surface area contributed by atoms with Crippen molar-refractivity contribution in [1.29, 1.82) is 5.26 Å². The molecule has 3 nitrogen and oxygen atoms in total. The van der Waals surface area contributed by atoms with Crippen LogP contribution in [0.4, 0.5) is 0 Å². The molecule has 0 fully saturated rings. The summed E-state index contributed by atoms with van der Waals surface area (Å²) in [6, 6.07) is 10.9. The summed E-state index contributed by atoms with van der Waals surface area (Å²) in [4.78, 5) is 4.09. The number of aryl methyl sites for hydroxylation is 2. The van der Waals surface area contributed by atoms with Crippen LogP contribution in [0.2, 0.25) is 0 Å². The molecule has 3 heteroatoms. The molecular weight excluding hydrogens is 234 g/mol. The summed E-state index contributed by atoms with van der Waals surface area (Å²) in [6.45, 7) is 4.40. The zero-order valence-electron chi connectivity index (χ0n) is 11.7. The Morgan fingerprint density at radius 2 is 1.89 bits per heavy atom. The van der Waals surface area contributed by atoms with Crippen molar-refractivity contribution >= 4 is 0 Å². The summed E-state index contributed by atoms with van der Waals surface area (Å²) in [7, 11) is 1.94. The molecule has 0 aliphatic heterocycles. The monoisotopic (exact) mass is 253 g/mol. The molecule has 98 valence electrons. The molecule has 0 saturated heterocycles. The van der Waals surface area contributed by atoms with Crippen molar-refractivity contribution in [2.75, 3.05) is 0 Å². The predicted molar refractivity (Wildman–Crippen MR) is 75.9 cm³/mol. The van der Waals surface area contributed by atoms with E-state index in [1.807, 2.05) is 11.6 Å². The van der Waals surface area contributed by atoms with Gasteiger partial charge in [0, 0.05) is 7.05 Å². The molecule has 0 unspecified atom stereocenters. The Morgan fingerprint density at radius 3 is 2.47 bits per heavy atom. The van der Waals surface area contributed by atoms with Gasteiger partial charge in [0.05, 0.1) is 12.0 Å². The molecule has 0 aliphatic carbocycles. The largest absolute Gasteiger partial charge is 0.336 e. The van der Waals surface area contributed by atoms with Gasteiger partial charge in [-0.1, -0.05) is 38.1 Å². The fourth-order valence-corrected chi connectivity index (χ4v) is 2.18. The predicted octanol–water partition coefficient (Wildman–Crippen LogP) is 3.20. The molecular formula is C16H19N3. The minimum absolute atomic E-state index is 0.543. The highest BCUT2D eigenvalue weighted by molar-refractivity contribution is 5.29. The van der Waals surface area contributed by atoms with Gasteiger partial charge in [-0.05, 0) is 29.9 Å². The van der Waals surface area contributed by atoms with Crippen molar-refractivity contribution in [3.8, 4) is 6.07 Å². The molecule has 0 aliphatic rings. The molecule has 1 aromatic heterocycles. The summed E-state index contributed by atoms with van der Waals surface area (Å²) in [5.74, 6) is 0.566. The van der Waals surface area contributed by atoms with Gasteiger partial charge in [0.25, 0.3) is 0 Å². The van der Waals surface area contributed by atoms with Crippen molar-refractivity contribution in [3.05, 3.63) is 53.1 Å². The van der Waals surface area contributed by atoms with Crippen molar-refractivity contribution in [2.24, 2.45) is 7.05 Å². The smallest absolute Gasteiger partial charge is 0.161 e. The molecule has 1 aromatic carbocycles. The standard InChI is InChI=1S/C16H19N3/c1-12(2)14-7-4-13(5-8-14)6-9-16-15(10-17)18-11-19(16)3/h4-5,7-8,11-12H,6,9H2,1-3H3. The van der Waals surface area contributed by atoms with Crippen molar-refractivity contribution < 1.29 is 0 Å². The first kappa shape index (κ1) is 13.4. The van der Waals surface area contributed by atoms with Gasteiger partial charge >= 0.3 is 0 Å². The molecule has 0 spiro atoms. The maximum Gasteiger partial charge on any atom is 0.161 e. The van der Waals surface area contributed by atoms with Crippen LogP contribution in [0.25, 0.3) is 0 Å². The second-order valence-electron chi connectivity index (χ2n) is 5.16. The van der Waals surface area contributed by atoms with E-state index < -0.39 is 0 Å². The Bertz CT molecular complexity index is 585. The number of hydrogen-bond acceptors (Lipinski definition) is 2. The van der Waals surface area contributed by atoms with Crippen LogP contribution >= 0.6 is 0 Å². The molecule has 0 radical (unpaired) electrons. The zero-order chi connectivity index (χ0) is 13.8. The van der Waals surface area contributed by atoms with Crippen LogP contribution in [0.15, 0.2) is 30.6 Å². The van der Waals surface area contributed by atoms with Crippen molar-refractivity contribution in [3.63, 3.8) is 0 Å². The van der Waals surface area contributed by atoms with Gasteiger partial charge in [0.15, 0.2) is 5.69 Å². The lowest BCUT2D eigenvalue weighted by molar-refractivity contribution is 0.795. The van der Waals surface area contributed by atoms with Gasteiger partial charge in [-0.15, -0.1) is 0 Å². The summed E-state index contributed by atoms with van der Waals surface area (Å²) in [6.07, 6.45) is 3.49. The van der Waals surface area contributed by atoms with Crippen molar-refractivity contribution in [2.45, 2.75) is 32.6 Å². The number of aromatic nitrogens is 2. The third-order valence-corrected chi connectivity index (χ3v) is 3.46. The summed E-state index contributed by atoms with van der Waals surface area (Å²) < 4.78 is 1.93. The summed E-state index contributed by atoms with van der Waals surface area (Å²) in [5.41, 5.74) is 4.22. The molecule has 19 heavy (non-hydrogen) atoms. The molecule has 1 heterocycles. The highest BCUT2D eigenvalue weighted by Crippen LogP contribution is 2.16. The average molecular weight is 253 g/mol. The lowest BCUT2D eigenvalue weighted by atomic mass is 10.00. The van der Waals surface area contributed by atoms with Gasteiger partial charge < -0.3 is 4.57 Å². The number of rotatable bonds is 4. The normalized spacial score (nSPS) is 10.7. The third-order valence-electron chi connectivity index (χ3n) is 3.46. The quantitative estimate of drug-likeness (QED) is 0.839. The Hall–Kier alpha value is -2.08. The first-order chi connectivity index (χ1) is 9.11. The van der Waals surface area contributed by atoms with Crippen molar-refractivity contribution in [1.82, 2.24) is 9.55 Å². The Kier molecular flexibility index (Phi) is 4.01. The van der Waals surface area contributed by atoms with E-state index in [1.165, 1.54) is 11.1 Å². The minimum atomic E-state index is 0.543. The molecule has 2 aromatic rings. The summed E-state index contributed by atoms with van der Waals surface area (Å²) in [5, 5.41) is 9.00. The van der Waals surface area contributed by atoms with E-state index in [-0.39, 0.29) is 0 Å². The van der Waals surface area contributed by atoms with Crippen LogP contribution in [0.3, 0.4) is 0 Å². The summed E-state index contributed by atoms with van der Waals surface area (Å²) >= 11 is 0. The molecule has 0 atom stereocenters. The molecule has 0 saturated carbocycles. The molecule has 0 bridgehead atoms.